The van der Waals surface area contributed by atoms with Gasteiger partial charge in [-0.25, -0.2) is 9.78 Å². The number of ether oxygens (including phenoxy) is 1. The quantitative estimate of drug-likeness (QED) is 0.689. The van der Waals surface area contributed by atoms with Gasteiger partial charge in [-0.1, -0.05) is 35.9 Å². The molecule has 2 aromatic carbocycles. The lowest BCUT2D eigenvalue weighted by molar-refractivity contribution is 0.0468. The number of esters is 1. The molecule has 0 fully saturated rings. The third kappa shape index (κ3) is 4.00. The van der Waals surface area contributed by atoms with Gasteiger partial charge in [0.15, 0.2) is 0 Å². The number of hydrogen-bond donors (Lipinski definition) is 1. The monoisotopic (exact) mass is 359 g/mol. The van der Waals surface area contributed by atoms with Gasteiger partial charge in [-0.15, -0.1) is 11.3 Å². The van der Waals surface area contributed by atoms with E-state index >= 15 is 0 Å². The molecule has 0 saturated carbocycles. The predicted molar refractivity (Wildman–Crippen MR) is 94.0 cm³/mol. The third-order valence-electron chi connectivity index (χ3n) is 3.37. The summed E-state index contributed by atoms with van der Waals surface area (Å²) in [7, 11) is 0. The zero-order valence-electron chi connectivity index (χ0n) is 12.6. The summed E-state index contributed by atoms with van der Waals surface area (Å²) in [5.74, 6) is -0.416. The van der Waals surface area contributed by atoms with Crippen LogP contribution in [0.5, 0.6) is 0 Å². The van der Waals surface area contributed by atoms with E-state index in [9.17, 15) is 4.79 Å². The van der Waals surface area contributed by atoms with Crippen LogP contribution in [0.3, 0.4) is 0 Å². The second-order valence-corrected chi connectivity index (χ2v) is 6.38. The molecule has 0 aliphatic heterocycles. The molecule has 0 unspecified atom stereocenters. The van der Waals surface area contributed by atoms with Crippen LogP contribution in [0.2, 0.25) is 5.02 Å². The van der Waals surface area contributed by atoms with E-state index in [1.165, 1.54) is 11.3 Å². The molecule has 1 heterocycles. The molecular weight excluding hydrogens is 346 g/mol. The zero-order chi connectivity index (χ0) is 16.9. The molecular formula is C18H14ClNO3S. The van der Waals surface area contributed by atoms with Crippen molar-refractivity contribution in [2.45, 2.75) is 13.2 Å². The lowest BCUT2D eigenvalue weighted by atomic mass is 10.1. The first-order valence-corrected chi connectivity index (χ1v) is 8.49. The fourth-order valence-electron chi connectivity index (χ4n) is 2.07. The third-order valence-corrected chi connectivity index (χ3v) is 4.56. The standard InChI is InChI=1S/C18H14ClNO3S/c19-15-7-5-13(6-8-15)17-20-16(11-24-17)10-23-18(22)14-3-1-12(9-21)2-4-14/h1-8,11,21H,9-10H2. The molecule has 3 aromatic rings. The number of carbonyl (C=O) groups is 1. The van der Waals surface area contributed by atoms with E-state index < -0.39 is 5.97 Å². The molecule has 0 aliphatic carbocycles. The summed E-state index contributed by atoms with van der Waals surface area (Å²) in [6, 6.07) is 14.1. The highest BCUT2D eigenvalue weighted by Gasteiger charge is 2.10. The van der Waals surface area contributed by atoms with Crippen LogP contribution in [-0.4, -0.2) is 16.1 Å². The molecule has 0 radical (unpaired) electrons. The van der Waals surface area contributed by atoms with E-state index in [0.717, 1.165) is 16.1 Å². The molecule has 0 bridgehead atoms. The van der Waals surface area contributed by atoms with Crippen LogP contribution in [-0.2, 0) is 18.0 Å². The molecule has 1 N–H and O–H groups in total. The lowest BCUT2D eigenvalue weighted by Crippen LogP contribution is -2.05. The fraction of sp³-hybridized carbons (Fsp3) is 0.111. The minimum Gasteiger partial charge on any atom is -0.456 e. The fourth-order valence-corrected chi connectivity index (χ4v) is 3.00. The van der Waals surface area contributed by atoms with E-state index in [1.54, 1.807) is 24.3 Å². The Hall–Kier alpha value is -2.21. The van der Waals surface area contributed by atoms with Gasteiger partial charge in [0.05, 0.1) is 17.9 Å². The van der Waals surface area contributed by atoms with Gasteiger partial charge < -0.3 is 9.84 Å². The first-order chi connectivity index (χ1) is 11.7. The van der Waals surface area contributed by atoms with E-state index in [4.69, 9.17) is 21.4 Å². The number of aliphatic hydroxyl groups excluding tert-OH is 1. The summed E-state index contributed by atoms with van der Waals surface area (Å²) >= 11 is 7.37. The molecule has 0 saturated heterocycles. The maximum absolute atomic E-state index is 12.0. The molecule has 0 amide bonds. The maximum atomic E-state index is 12.0. The van der Waals surface area contributed by atoms with Crippen molar-refractivity contribution in [2.24, 2.45) is 0 Å². The molecule has 0 spiro atoms. The van der Waals surface area contributed by atoms with Crippen molar-refractivity contribution < 1.29 is 14.6 Å². The Morgan fingerprint density at radius 2 is 1.83 bits per heavy atom. The summed E-state index contributed by atoms with van der Waals surface area (Å²) in [5.41, 5.74) is 2.87. The zero-order valence-corrected chi connectivity index (χ0v) is 14.2. The molecule has 0 atom stereocenters. The van der Waals surface area contributed by atoms with Gasteiger partial charge in [0, 0.05) is 16.0 Å². The average Bonchev–Trinajstić information content (AvgIpc) is 3.09. The first kappa shape index (κ1) is 16.6. The summed E-state index contributed by atoms with van der Waals surface area (Å²) < 4.78 is 5.28. The molecule has 24 heavy (non-hydrogen) atoms. The van der Waals surface area contributed by atoms with Crippen molar-refractivity contribution in [3.05, 3.63) is 75.8 Å². The van der Waals surface area contributed by atoms with Crippen molar-refractivity contribution in [2.75, 3.05) is 0 Å². The van der Waals surface area contributed by atoms with E-state index in [-0.39, 0.29) is 13.2 Å². The Labute approximate surface area is 148 Å². The Morgan fingerprint density at radius 3 is 2.50 bits per heavy atom. The molecule has 4 nitrogen and oxygen atoms in total. The summed E-state index contributed by atoms with van der Waals surface area (Å²) in [6.45, 7) is 0.0618. The Kier molecular flexibility index (Phi) is 5.25. The van der Waals surface area contributed by atoms with Crippen molar-refractivity contribution in [3.8, 4) is 10.6 Å². The van der Waals surface area contributed by atoms with Gasteiger partial charge in [0.1, 0.15) is 11.6 Å². The van der Waals surface area contributed by atoms with Gasteiger partial charge in [0.25, 0.3) is 0 Å². The van der Waals surface area contributed by atoms with E-state index in [0.29, 0.717) is 16.3 Å². The minimum absolute atomic E-state index is 0.0539. The van der Waals surface area contributed by atoms with Crippen LogP contribution in [0, 0.1) is 0 Å². The van der Waals surface area contributed by atoms with Crippen LogP contribution >= 0.6 is 22.9 Å². The number of benzene rings is 2. The second-order valence-electron chi connectivity index (χ2n) is 5.08. The van der Waals surface area contributed by atoms with Crippen molar-refractivity contribution in [3.63, 3.8) is 0 Å². The lowest BCUT2D eigenvalue weighted by Gasteiger charge is -2.03. The highest BCUT2D eigenvalue weighted by atomic mass is 35.5. The van der Waals surface area contributed by atoms with Crippen molar-refractivity contribution in [1.82, 2.24) is 4.98 Å². The largest absolute Gasteiger partial charge is 0.456 e. The maximum Gasteiger partial charge on any atom is 0.338 e. The van der Waals surface area contributed by atoms with E-state index in [2.05, 4.69) is 4.98 Å². The van der Waals surface area contributed by atoms with Crippen LogP contribution in [0.25, 0.3) is 10.6 Å². The molecule has 0 aliphatic rings. The van der Waals surface area contributed by atoms with E-state index in [1.807, 2.05) is 29.6 Å². The number of aliphatic hydroxyl groups is 1. The number of thiazole rings is 1. The molecule has 1 aromatic heterocycles. The number of hydrogen-bond acceptors (Lipinski definition) is 5. The summed E-state index contributed by atoms with van der Waals surface area (Å²) in [4.78, 5) is 16.5. The van der Waals surface area contributed by atoms with Crippen molar-refractivity contribution in [1.29, 1.82) is 0 Å². The van der Waals surface area contributed by atoms with Crippen LogP contribution in [0.4, 0.5) is 0 Å². The number of rotatable bonds is 5. The number of halogens is 1. The van der Waals surface area contributed by atoms with Crippen LogP contribution < -0.4 is 0 Å². The summed E-state index contributed by atoms with van der Waals surface area (Å²) in [5, 5.41) is 12.4. The minimum atomic E-state index is -0.416. The molecule has 122 valence electrons. The first-order valence-electron chi connectivity index (χ1n) is 7.23. The van der Waals surface area contributed by atoms with Crippen molar-refractivity contribution >= 4 is 28.9 Å². The Bertz CT molecular complexity index is 828. The van der Waals surface area contributed by atoms with Gasteiger partial charge in [-0.05, 0) is 29.8 Å². The number of carbonyl (C=O) groups excluding carboxylic acids is 1. The number of aromatic nitrogens is 1. The predicted octanol–water partition coefficient (Wildman–Crippen LogP) is 4.31. The van der Waals surface area contributed by atoms with Gasteiger partial charge >= 0.3 is 5.97 Å². The Balaban J connectivity index is 1.62. The molecule has 6 heteroatoms. The second kappa shape index (κ2) is 7.57. The highest BCUT2D eigenvalue weighted by molar-refractivity contribution is 7.13. The Morgan fingerprint density at radius 1 is 1.12 bits per heavy atom. The van der Waals surface area contributed by atoms with Crippen LogP contribution in [0.15, 0.2) is 53.9 Å². The highest BCUT2D eigenvalue weighted by Crippen LogP contribution is 2.25. The van der Waals surface area contributed by atoms with Crippen LogP contribution in [0.1, 0.15) is 21.6 Å². The van der Waals surface area contributed by atoms with Gasteiger partial charge in [0.2, 0.25) is 0 Å². The van der Waals surface area contributed by atoms with Gasteiger partial charge in [-0.3, -0.25) is 0 Å². The smallest absolute Gasteiger partial charge is 0.338 e. The van der Waals surface area contributed by atoms with Gasteiger partial charge in [-0.2, -0.15) is 0 Å². The molecule has 3 rings (SSSR count). The number of nitrogens with zero attached hydrogens (tertiary/aromatic N) is 1. The topological polar surface area (TPSA) is 59.4 Å². The SMILES string of the molecule is O=C(OCc1csc(-c2ccc(Cl)cc2)n1)c1ccc(CO)cc1. The summed E-state index contributed by atoms with van der Waals surface area (Å²) in [6.07, 6.45) is 0. The normalized spacial score (nSPS) is 10.6. The average molecular weight is 360 g/mol.